The molecule has 43 heavy (non-hydrogen) atoms. The zero-order chi connectivity index (χ0) is 30.1. The van der Waals surface area contributed by atoms with Crippen molar-refractivity contribution in [1.82, 2.24) is 10.2 Å². The molecule has 3 aromatic carbocycles. The average Bonchev–Trinajstić information content (AvgIpc) is 3.37. The topological polar surface area (TPSA) is 114 Å². The molecule has 10 heteroatoms. The van der Waals surface area contributed by atoms with E-state index in [0.29, 0.717) is 47.4 Å². The number of nitrogens with zero attached hydrogens (tertiary/aromatic N) is 3. The molecule has 9 nitrogen and oxygen atoms in total. The number of benzene rings is 3. The van der Waals surface area contributed by atoms with Gasteiger partial charge in [0.1, 0.15) is 18.1 Å². The van der Waals surface area contributed by atoms with Crippen LogP contribution in [0.1, 0.15) is 42.4 Å². The number of carbonyl (C=O) groups is 3. The summed E-state index contributed by atoms with van der Waals surface area (Å²) in [5.41, 5.74) is 2.32. The molecule has 0 aromatic heterocycles. The van der Waals surface area contributed by atoms with Crippen LogP contribution in [0, 0.1) is 24.6 Å². The van der Waals surface area contributed by atoms with Crippen LogP contribution in [0.5, 0.6) is 5.75 Å². The third kappa shape index (κ3) is 5.95. The Morgan fingerprint density at radius 3 is 2.33 bits per heavy atom. The lowest BCUT2D eigenvalue weighted by Gasteiger charge is -2.30. The quantitative estimate of drug-likeness (QED) is 0.400. The number of nitrogens with one attached hydrogen (secondary N) is 2. The van der Waals surface area contributed by atoms with E-state index < -0.39 is 23.9 Å². The largest absolute Gasteiger partial charge is 0.508 e. The Labute approximate surface area is 249 Å². The summed E-state index contributed by atoms with van der Waals surface area (Å²) in [6, 6.07) is 16.7. The minimum absolute atomic E-state index is 0.0410. The van der Waals surface area contributed by atoms with Crippen LogP contribution >= 0.6 is 0 Å². The molecule has 4 aliphatic rings. The summed E-state index contributed by atoms with van der Waals surface area (Å²) in [5, 5.41) is 15.0. The molecule has 1 saturated carbocycles. The monoisotopic (exact) mass is 583 g/mol. The van der Waals surface area contributed by atoms with Gasteiger partial charge in [0.25, 0.3) is 5.91 Å². The Morgan fingerprint density at radius 1 is 0.953 bits per heavy atom. The minimum atomic E-state index is -1.47. The van der Waals surface area contributed by atoms with Gasteiger partial charge in [0, 0.05) is 36.0 Å². The molecule has 3 aliphatic heterocycles. The number of hydrogen-bond donors (Lipinski definition) is 3. The van der Waals surface area contributed by atoms with Gasteiger partial charge >= 0.3 is 6.03 Å². The maximum Gasteiger partial charge on any atom is 0.321 e. The summed E-state index contributed by atoms with van der Waals surface area (Å²) in [6.45, 7) is 2.94. The van der Waals surface area contributed by atoms with Crippen molar-refractivity contribution >= 4 is 34.9 Å². The zero-order valence-electron chi connectivity index (χ0n) is 23.9. The van der Waals surface area contributed by atoms with Crippen molar-refractivity contribution < 1.29 is 23.9 Å². The molecule has 2 bridgehead atoms. The number of halogens is 1. The summed E-state index contributed by atoms with van der Waals surface area (Å²) >= 11 is 0. The van der Waals surface area contributed by atoms with Crippen LogP contribution < -0.4 is 15.5 Å². The second-order valence-electron chi connectivity index (χ2n) is 11.6. The molecule has 4 amide bonds. The van der Waals surface area contributed by atoms with Gasteiger partial charge in [0.15, 0.2) is 0 Å². The van der Waals surface area contributed by atoms with E-state index in [0.717, 1.165) is 25.7 Å². The number of hydrogen-bond acceptors (Lipinski definition) is 5. The number of aliphatic imine (C=N–C) groups is 1. The van der Waals surface area contributed by atoms with E-state index in [1.807, 2.05) is 17.9 Å². The van der Waals surface area contributed by atoms with Crippen molar-refractivity contribution in [1.29, 1.82) is 0 Å². The van der Waals surface area contributed by atoms with E-state index in [4.69, 9.17) is 0 Å². The first-order chi connectivity index (χ1) is 20.8. The van der Waals surface area contributed by atoms with Crippen LogP contribution in [-0.2, 0) is 9.59 Å². The van der Waals surface area contributed by atoms with E-state index in [9.17, 15) is 19.5 Å². The summed E-state index contributed by atoms with van der Waals surface area (Å²) in [4.78, 5) is 49.1. The van der Waals surface area contributed by atoms with Gasteiger partial charge in [0.2, 0.25) is 12.1 Å². The molecule has 3 fully saturated rings. The van der Waals surface area contributed by atoms with Crippen molar-refractivity contribution in [3.8, 4) is 5.75 Å². The zero-order valence-corrected chi connectivity index (χ0v) is 23.9. The number of benzodiazepines with no additional fused rings is 1. The van der Waals surface area contributed by atoms with E-state index >= 15 is 4.39 Å². The van der Waals surface area contributed by atoms with Crippen molar-refractivity contribution in [3.63, 3.8) is 0 Å². The van der Waals surface area contributed by atoms with Gasteiger partial charge in [-0.25, -0.2) is 14.2 Å². The number of aromatic hydroxyl groups is 1. The Balaban J connectivity index is 1.38. The van der Waals surface area contributed by atoms with E-state index in [1.165, 1.54) is 23.1 Å². The Bertz CT molecular complexity index is 1590. The average molecular weight is 584 g/mol. The molecule has 222 valence electrons. The number of amides is 4. The first-order valence-corrected chi connectivity index (χ1v) is 14.6. The Kier molecular flexibility index (Phi) is 7.84. The lowest BCUT2D eigenvalue weighted by Crippen LogP contribution is -2.52. The van der Waals surface area contributed by atoms with Crippen molar-refractivity contribution in [2.75, 3.05) is 29.9 Å². The number of aryl methyl sites for hydroxylation is 1. The molecule has 0 spiro atoms. The number of rotatable bonds is 5. The van der Waals surface area contributed by atoms with Crippen LogP contribution in [0.15, 0.2) is 71.7 Å². The fourth-order valence-electron chi connectivity index (χ4n) is 6.45. The van der Waals surface area contributed by atoms with Gasteiger partial charge in [-0.1, -0.05) is 36.4 Å². The van der Waals surface area contributed by atoms with Gasteiger partial charge in [0.05, 0.1) is 11.4 Å². The fourth-order valence-corrected chi connectivity index (χ4v) is 6.45. The summed E-state index contributed by atoms with van der Waals surface area (Å²) in [7, 11) is 0. The molecule has 2 saturated heterocycles. The molecule has 1 unspecified atom stereocenters. The number of para-hydroxylation sites is 1. The number of phenolic OH excluding ortho intramolecular Hbond substituents is 1. The normalized spacial score (nSPS) is 21.4. The maximum absolute atomic E-state index is 15.2. The number of fused-ring (bicyclic) bond motifs is 5. The molecule has 3 heterocycles. The van der Waals surface area contributed by atoms with Crippen molar-refractivity contribution in [2.45, 2.75) is 38.8 Å². The fraction of sp³-hybridized carbons (Fsp3) is 0.333. The van der Waals surface area contributed by atoms with Crippen molar-refractivity contribution in [2.24, 2.45) is 16.8 Å². The predicted molar refractivity (Wildman–Crippen MR) is 162 cm³/mol. The molecular formula is C33H34FN5O4. The standard InChI is InChI=1S/C33H34FN5O4/c1-20-6-4-10-26-29(25-9-2-3-11-27(25)34)36-31(37-33(43)35-23-7-5-8-24(40)16-23)32(42)39(30(20)26)19-28(41)38-17-21-12-13-22(18-38)15-14-21/h2-11,16,21-22,31,40H,12-15,17-19H2,1H3,(H2,35,37,43). The Morgan fingerprint density at radius 2 is 1.63 bits per heavy atom. The molecular weight excluding hydrogens is 549 g/mol. The lowest BCUT2D eigenvalue weighted by atomic mass is 9.84. The molecule has 0 radical (unpaired) electrons. The van der Waals surface area contributed by atoms with Crippen LogP contribution in [0.4, 0.5) is 20.6 Å². The highest BCUT2D eigenvalue weighted by Crippen LogP contribution is 2.35. The molecule has 1 aliphatic carbocycles. The predicted octanol–water partition coefficient (Wildman–Crippen LogP) is 4.82. The van der Waals surface area contributed by atoms with Gasteiger partial charge in [-0.05, 0) is 74.3 Å². The van der Waals surface area contributed by atoms with Crippen LogP contribution in [-0.4, -0.2) is 59.4 Å². The first-order valence-electron chi connectivity index (χ1n) is 14.6. The Hall–Kier alpha value is -4.73. The van der Waals surface area contributed by atoms with E-state index in [1.54, 1.807) is 42.5 Å². The maximum atomic E-state index is 15.2. The highest BCUT2D eigenvalue weighted by Gasteiger charge is 2.38. The SMILES string of the molecule is Cc1cccc2c1N(CC(=O)N1CC3CCC(CC3)C1)C(=O)C(NC(=O)Nc1cccc(O)c1)N=C2c1ccccc1F. The highest BCUT2D eigenvalue weighted by atomic mass is 19.1. The first kappa shape index (κ1) is 28.4. The highest BCUT2D eigenvalue weighted by molar-refractivity contribution is 6.21. The smallest absolute Gasteiger partial charge is 0.321 e. The third-order valence-electron chi connectivity index (χ3n) is 8.59. The summed E-state index contributed by atoms with van der Waals surface area (Å²) < 4.78 is 15.2. The summed E-state index contributed by atoms with van der Waals surface area (Å²) in [5.74, 6) is -0.432. The van der Waals surface area contributed by atoms with Gasteiger partial charge in [-0.15, -0.1) is 0 Å². The van der Waals surface area contributed by atoms with Gasteiger partial charge in [-0.2, -0.15) is 0 Å². The number of urea groups is 1. The van der Waals surface area contributed by atoms with Gasteiger partial charge < -0.3 is 20.6 Å². The lowest BCUT2D eigenvalue weighted by molar-refractivity contribution is -0.132. The van der Waals surface area contributed by atoms with Crippen LogP contribution in [0.2, 0.25) is 0 Å². The third-order valence-corrected chi connectivity index (χ3v) is 8.59. The minimum Gasteiger partial charge on any atom is -0.508 e. The van der Waals surface area contributed by atoms with Crippen LogP contribution in [0.25, 0.3) is 0 Å². The van der Waals surface area contributed by atoms with Crippen LogP contribution in [0.3, 0.4) is 0 Å². The molecule has 1 atom stereocenters. The number of anilines is 2. The molecule has 3 N–H and O–H groups in total. The number of phenols is 1. The van der Waals surface area contributed by atoms with Crippen molar-refractivity contribution in [3.05, 3.63) is 89.2 Å². The molecule has 7 rings (SSSR count). The van der Waals surface area contributed by atoms with Gasteiger partial charge in [-0.3, -0.25) is 14.5 Å². The second-order valence-corrected chi connectivity index (χ2v) is 11.6. The second kappa shape index (κ2) is 11.9. The van der Waals surface area contributed by atoms with E-state index in [-0.39, 0.29) is 29.5 Å². The number of carbonyl (C=O) groups excluding carboxylic acids is 3. The summed E-state index contributed by atoms with van der Waals surface area (Å²) in [6.07, 6.45) is 2.98. The van der Waals surface area contributed by atoms with E-state index in [2.05, 4.69) is 15.6 Å². The molecule has 3 aromatic rings.